The summed E-state index contributed by atoms with van der Waals surface area (Å²) < 4.78 is 5.30. The van der Waals surface area contributed by atoms with Gasteiger partial charge in [-0.1, -0.05) is 36.8 Å². The van der Waals surface area contributed by atoms with Crippen molar-refractivity contribution in [2.45, 2.75) is 40.2 Å². The summed E-state index contributed by atoms with van der Waals surface area (Å²) in [5.74, 6) is 0.840. The second-order valence-electron chi connectivity index (χ2n) is 5.98. The van der Waals surface area contributed by atoms with Gasteiger partial charge in [0.05, 0.1) is 13.2 Å². The maximum absolute atomic E-state index is 12.6. The van der Waals surface area contributed by atoms with E-state index in [1.807, 2.05) is 51.1 Å². The molecule has 2 aromatic rings. The van der Waals surface area contributed by atoms with Gasteiger partial charge in [0.1, 0.15) is 5.75 Å². The molecule has 0 aromatic heterocycles. The number of benzene rings is 2. The minimum Gasteiger partial charge on any atom is -0.496 e. The average molecular weight is 311 g/mol. The van der Waals surface area contributed by atoms with E-state index in [-0.39, 0.29) is 11.9 Å². The van der Waals surface area contributed by atoms with Gasteiger partial charge in [0.15, 0.2) is 0 Å². The summed E-state index contributed by atoms with van der Waals surface area (Å²) in [4.78, 5) is 12.6. The zero-order valence-corrected chi connectivity index (χ0v) is 14.6. The summed E-state index contributed by atoms with van der Waals surface area (Å²) in [5.41, 5.74) is 5.08. The summed E-state index contributed by atoms with van der Waals surface area (Å²) >= 11 is 0. The molecule has 0 fully saturated rings. The molecular weight excluding hydrogens is 286 g/mol. The van der Waals surface area contributed by atoms with Crippen LogP contribution in [0.15, 0.2) is 36.4 Å². The van der Waals surface area contributed by atoms with E-state index < -0.39 is 0 Å². The van der Waals surface area contributed by atoms with E-state index in [9.17, 15) is 4.79 Å². The first-order valence-electron chi connectivity index (χ1n) is 7.99. The minimum atomic E-state index is -0.0252. The Labute approximate surface area is 138 Å². The van der Waals surface area contributed by atoms with Gasteiger partial charge in [0.2, 0.25) is 0 Å². The van der Waals surface area contributed by atoms with Crippen LogP contribution in [-0.4, -0.2) is 13.0 Å². The molecule has 0 unspecified atom stereocenters. The Morgan fingerprint density at radius 1 is 1.09 bits per heavy atom. The van der Waals surface area contributed by atoms with Crippen LogP contribution in [0.2, 0.25) is 0 Å². The Kier molecular flexibility index (Phi) is 5.43. The zero-order chi connectivity index (χ0) is 17.0. The van der Waals surface area contributed by atoms with Crippen molar-refractivity contribution in [1.29, 1.82) is 0 Å². The molecule has 3 nitrogen and oxygen atoms in total. The molecule has 0 aliphatic rings. The second kappa shape index (κ2) is 7.32. The molecule has 0 saturated heterocycles. The van der Waals surface area contributed by atoms with Crippen LogP contribution in [0.4, 0.5) is 0 Å². The number of hydrogen-bond donors (Lipinski definition) is 1. The van der Waals surface area contributed by atoms with E-state index >= 15 is 0 Å². The molecule has 0 spiro atoms. The fourth-order valence-corrected chi connectivity index (χ4v) is 2.84. The van der Waals surface area contributed by atoms with Crippen LogP contribution in [0.25, 0.3) is 0 Å². The number of amides is 1. The third kappa shape index (κ3) is 3.92. The van der Waals surface area contributed by atoms with Crippen molar-refractivity contribution in [1.82, 2.24) is 5.32 Å². The maximum atomic E-state index is 12.6. The van der Waals surface area contributed by atoms with Crippen LogP contribution >= 0.6 is 0 Å². The average Bonchev–Trinajstić information content (AvgIpc) is 2.52. The summed E-state index contributed by atoms with van der Waals surface area (Å²) in [7, 11) is 1.67. The number of hydrogen-bond acceptors (Lipinski definition) is 2. The SMILES string of the molecule is CC[C@H](NC(=O)c1ccc(C)cc1C)c1ccc(OC)c(C)c1. The molecule has 2 rings (SSSR count). The Morgan fingerprint density at radius 3 is 2.39 bits per heavy atom. The van der Waals surface area contributed by atoms with E-state index in [2.05, 4.69) is 18.3 Å². The fourth-order valence-electron chi connectivity index (χ4n) is 2.84. The van der Waals surface area contributed by atoms with Gasteiger partial charge in [-0.05, 0) is 56.0 Å². The second-order valence-corrected chi connectivity index (χ2v) is 5.98. The lowest BCUT2D eigenvalue weighted by Gasteiger charge is -2.19. The number of nitrogens with one attached hydrogen (secondary N) is 1. The first-order valence-corrected chi connectivity index (χ1v) is 7.99. The maximum Gasteiger partial charge on any atom is 0.252 e. The normalized spacial score (nSPS) is 11.9. The first kappa shape index (κ1) is 17.1. The number of methoxy groups -OCH3 is 1. The third-order valence-corrected chi connectivity index (χ3v) is 4.16. The molecule has 3 heteroatoms. The van der Waals surface area contributed by atoms with Crippen molar-refractivity contribution in [2.24, 2.45) is 0 Å². The molecule has 1 amide bonds. The highest BCUT2D eigenvalue weighted by molar-refractivity contribution is 5.95. The van der Waals surface area contributed by atoms with Gasteiger partial charge in [-0.3, -0.25) is 4.79 Å². The van der Waals surface area contributed by atoms with Crippen molar-refractivity contribution in [3.8, 4) is 5.75 Å². The van der Waals surface area contributed by atoms with Gasteiger partial charge in [-0.15, -0.1) is 0 Å². The third-order valence-electron chi connectivity index (χ3n) is 4.16. The smallest absolute Gasteiger partial charge is 0.252 e. The van der Waals surface area contributed by atoms with Crippen LogP contribution in [0.5, 0.6) is 5.75 Å². The summed E-state index contributed by atoms with van der Waals surface area (Å²) in [5, 5.41) is 3.14. The predicted octanol–water partition coefficient (Wildman–Crippen LogP) is 4.50. The molecule has 23 heavy (non-hydrogen) atoms. The molecule has 0 saturated carbocycles. The molecule has 0 bridgehead atoms. The van der Waals surface area contributed by atoms with Gasteiger partial charge in [0, 0.05) is 5.56 Å². The Hall–Kier alpha value is -2.29. The van der Waals surface area contributed by atoms with E-state index in [0.717, 1.165) is 40.0 Å². The van der Waals surface area contributed by atoms with Gasteiger partial charge >= 0.3 is 0 Å². The highest BCUT2D eigenvalue weighted by Gasteiger charge is 2.16. The number of ether oxygens (including phenoxy) is 1. The van der Waals surface area contributed by atoms with Gasteiger partial charge in [0.25, 0.3) is 5.91 Å². The lowest BCUT2D eigenvalue weighted by molar-refractivity contribution is 0.0935. The molecule has 0 aliphatic heterocycles. The van der Waals surface area contributed by atoms with Crippen molar-refractivity contribution >= 4 is 5.91 Å². The number of aryl methyl sites for hydroxylation is 3. The molecule has 0 radical (unpaired) electrons. The summed E-state index contributed by atoms with van der Waals surface area (Å²) in [6.45, 7) is 8.09. The first-order chi connectivity index (χ1) is 11.0. The van der Waals surface area contributed by atoms with Gasteiger partial charge in [-0.2, -0.15) is 0 Å². The van der Waals surface area contributed by atoms with Crippen LogP contribution < -0.4 is 10.1 Å². The van der Waals surface area contributed by atoms with Crippen molar-refractivity contribution < 1.29 is 9.53 Å². The van der Waals surface area contributed by atoms with E-state index in [1.54, 1.807) is 7.11 Å². The number of rotatable bonds is 5. The topological polar surface area (TPSA) is 38.3 Å². The van der Waals surface area contributed by atoms with Gasteiger partial charge in [-0.25, -0.2) is 0 Å². The van der Waals surface area contributed by atoms with Gasteiger partial charge < -0.3 is 10.1 Å². The Balaban J connectivity index is 2.21. The van der Waals surface area contributed by atoms with Crippen molar-refractivity contribution in [3.63, 3.8) is 0 Å². The molecule has 1 N–H and O–H groups in total. The lowest BCUT2D eigenvalue weighted by atomic mass is 10.00. The van der Waals surface area contributed by atoms with Crippen LogP contribution in [0, 0.1) is 20.8 Å². The minimum absolute atomic E-state index is 0.00666. The van der Waals surface area contributed by atoms with Crippen LogP contribution in [0.3, 0.4) is 0 Å². The van der Waals surface area contributed by atoms with Crippen molar-refractivity contribution in [3.05, 3.63) is 64.2 Å². The highest BCUT2D eigenvalue weighted by Crippen LogP contribution is 2.24. The molecule has 2 aromatic carbocycles. The van der Waals surface area contributed by atoms with Crippen molar-refractivity contribution in [2.75, 3.05) is 7.11 Å². The molecule has 0 heterocycles. The van der Waals surface area contributed by atoms with Crippen LogP contribution in [0.1, 0.15) is 52.0 Å². The quantitative estimate of drug-likeness (QED) is 0.883. The lowest BCUT2D eigenvalue weighted by Crippen LogP contribution is -2.28. The fraction of sp³-hybridized carbons (Fsp3) is 0.350. The van der Waals surface area contributed by atoms with E-state index in [1.165, 1.54) is 0 Å². The number of carbonyl (C=O) groups is 1. The monoisotopic (exact) mass is 311 g/mol. The highest BCUT2D eigenvalue weighted by atomic mass is 16.5. The zero-order valence-electron chi connectivity index (χ0n) is 14.6. The largest absolute Gasteiger partial charge is 0.496 e. The summed E-state index contributed by atoms with van der Waals surface area (Å²) in [6, 6.07) is 11.9. The molecule has 1 atom stereocenters. The Bertz CT molecular complexity index is 707. The molecule has 122 valence electrons. The summed E-state index contributed by atoms with van der Waals surface area (Å²) in [6.07, 6.45) is 0.836. The van der Waals surface area contributed by atoms with E-state index in [0.29, 0.717) is 0 Å². The Morgan fingerprint density at radius 2 is 1.83 bits per heavy atom. The standard InChI is InChI=1S/C20H25NO2/c1-6-18(16-8-10-19(23-5)15(4)12-16)21-20(22)17-9-7-13(2)11-14(17)3/h7-12,18H,6H2,1-5H3,(H,21,22)/t18-/m0/s1. The van der Waals surface area contributed by atoms with E-state index in [4.69, 9.17) is 4.74 Å². The number of carbonyl (C=O) groups excluding carboxylic acids is 1. The predicted molar refractivity (Wildman–Crippen MR) is 94.1 cm³/mol. The van der Waals surface area contributed by atoms with Crippen LogP contribution in [-0.2, 0) is 0 Å². The molecule has 0 aliphatic carbocycles. The molecular formula is C20H25NO2.